The lowest BCUT2D eigenvalue weighted by molar-refractivity contribution is -0.385. The van der Waals surface area contributed by atoms with Gasteiger partial charge in [0.2, 0.25) is 0 Å². The van der Waals surface area contributed by atoms with E-state index in [0.29, 0.717) is 37.5 Å². The van der Waals surface area contributed by atoms with E-state index in [2.05, 4.69) is 18.7 Å². The van der Waals surface area contributed by atoms with E-state index in [4.69, 9.17) is 9.47 Å². The van der Waals surface area contributed by atoms with Crippen molar-refractivity contribution in [3.63, 3.8) is 0 Å². The maximum Gasteiger partial charge on any atom is 0.311 e. The minimum absolute atomic E-state index is 0.0132. The number of nitro benzene ring substituents is 1. The summed E-state index contributed by atoms with van der Waals surface area (Å²) in [5, 5.41) is 11.1. The third kappa shape index (κ3) is 3.88. The molecule has 0 saturated carbocycles. The maximum atomic E-state index is 11.1. The number of benzene rings is 1. The Morgan fingerprint density at radius 1 is 1.50 bits per heavy atom. The highest BCUT2D eigenvalue weighted by molar-refractivity contribution is 5.60. The SMILES string of the molecule is CCOc1cc(N2CCOCC2CC(C)C)ccc1[N+](=O)[O-]. The van der Waals surface area contributed by atoms with Crippen LogP contribution in [0.3, 0.4) is 0 Å². The Morgan fingerprint density at radius 2 is 2.27 bits per heavy atom. The van der Waals surface area contributed by atoms with E-state index in [1.165, 1.54) is 6.07 Å². The first kappa shape index (κ1) is 16.5. The number of anilines is 1. The summed E-state index contributed by atoms with van der Waals surface area (Å²) in [6.45, 7) is 8.77. The molecule has 0 radical (unpaired) electrons. The molecule has 6 heteroatoms. The van der Waals surface area contributed by atoms with Crippen molar-refractivity contribution in [2.45, 2.75) is 33.2 Å². The van der Waals surface area contributed by atoms with E-state index in [-0.39, 0.29) is 5.69 Å². The molecule has 1 heterocycles. The van der Waals surface area contributed by atoms with Crippen molar-refractivity contribution >= 4 is 11.4 Å². The van der Waals surface area contributed by atoms with Crippen LogP contribution in [0.5, 0.6) is 5.75 Å². The van der Waals surface area contributed by atoms with Gasteiger partial charge in [-0.1, -0.05) is 13.8 Å². The van der Waals surface area contributed by atoms with Gasteiger partial charge in [-0.25, -0.2) is 0 Å². The van der Waals surface area contributed by atoms with Crippen LogP contribution in [-0.2, 0) is 4.74 Å². The Morgan fingerprint density at radius 3 is 2.91 bits per heavy atom. The fourth-order valence-electron chi connectivity index (χ4n) is 2.84. The average Bonchev–Trinajstić information content (AvgIpc) is 2.47. The molecule has 1 fully saturated rings. The van der Waals surface area contributed by atoms with Crippen LogP contribution in [0, 0.1) is 16.0 Å². The maximum absolute atomic E-state index is 11.1. The topological polar surface area (TPSA) is 64.8 Å². The monoisotopic (exact) mass is 308 g/mol. The van der Waals surface area contributed by atoms with Gasteiger partial charge in [0.05, 0.1) is 30.8 Å². The van der Waals surface area contributed by atoms with Crippen molar-refractivity contribution in [1.29, 1.82) is 0 Å². The van der Waals surface area contributed by atoms with Crippen molar-refractivity contribution < 1.29 is 14.4 Å². The standard InChI is InChI=1S/C16H24N2O4/c1-4-22-16-10-13(5-6-15(16)18(19)20)17-7-8-21-11-14(17)9-12(2)3/h5-6,10,12,14H,4,7-9,11H2,1-3H3. The van der Waals surface area contributed by atoms with Crippen LogP contribution < -0.4 is 9.64 Å². The molecule has 1 aliphatic heterocycles. The van der Waals surface area contributed by atoms with E-state index in [1.54, 1.807) is 12.1 Å². The number of rotatable bonds is 6. The smallest absolute Gasteiger partial charge is 0.311 e. The molecule has 0 amide bonds. The zero-order valence-corrected chi connectivity index (χ0v) is 13.4. The quantitative estimate of drug-likeness (QED) is 0.596. The molecule has 0 N–H and O–H groups in total. The van der Waals surface area contributed by atoms with E-state index < -0.39 is 4.92 Å². The molecule has 1 aliphatic rings. The molecular formula is C16H24N2O4. The molecule has 0 bridgehead atoms. The van der Waals surface area contributed by atoms with Gasteiger partial charge in [-0.2, -0.15) is 0 Å². The Labute approximate surface area is 131 Å². The highest BCUT2D eigenvalue weighted by atomic mass is 16.6. The van der Waals surface area contributed by atoms with Crippen molar-refractivity contribution in [2.24, 2.45) is 5.92 Å². The number of nitrogens with zero attached hydrogens (tertiary/aromatic N) is 2. The fraction of sp³-hybridized carbons (Fsp3) is 0.625. The first-order chi connectivity index (χ1) is 10.5. The molecule has 22 heavy (non-hydrogen) atoms. The first-order valence-electron chi connectivity index (χ1n) is 7.78. The van der Waals surface area contributed by atoms with Crippen LogP contribution in [0.4, 0.5) is 11.4 Å². The molecule has 122 valence electrons. The van der Waals surface area contributed by atoms with Crippen LogP contribution in [0.15, 0.2) is 18.2 Å². The minimum Gasteiger partial charge on any atom is -0.487 e. The third-order valence-corrected chi connectivity index (χ3v) is 3.74. The van der Waals surface area contributed by atoms with Crippen molar-refractivity contribution in [3.8, 4) is 5.75 Å². The zero-order chi connectivity index (χ0) is 16.1. The molecule has 1 aromatic carbocycles. The van der Waals surface area contributed by atoms with Gasteiger partial charge in [0, 0.05) is 24.4 Å². The van der Waals surface area contributed by atoms with Gasteiger partial charge in [0.1, 0.15) is 0 Å². The predicted octanol–water partition coefficient (Wildman–Crippen LogP) is 3.24. The van der Waals surface area contributed by atoms with Crippen molar-refractivity contribution in [2.75, 3.05) is 31.3 Å². The first-order valence-corrected chi connectivity index (χ1v) is 7.78. The molecule has 1 atom stereocenters. The second-order valence-electron chi connectivity index (χ2n) is 5.89. The summed E-state index contributed by atoms with van der Waals surface area (Å²) in [6.07, 6.45) is 1.03. The van der Waals surface area contributed by atoms with Crippen molar-refractivity contribution in [3.05, 3.63) is 28.3 Å². The normalized spacial score (nSPS) is 18.5. The molecule has 1 aromatic rings. The van der Waals surface area contributed by atoms with Gasteiger partial charge < -0.3 is 14.4 Å². The van der Waals surface area contributed by atoms with E-state index in [1.807, 2.05) is 6.92 Å². The number of morpholine rings is 1. The fourth-order valence-corrected chi connectivity index (χ4v) is 2.84. The molecule has 1 saturated heterocycles. The minimum atomic E-state index is -0.403. The summed E-state index contributed by atoms with van der Waals surface area (Å²) in [5.74, 6) is 0.901. The molecule has 1 unspecified atom stereocenters. The molecule has 6 nitrogen and oxygen atoms in total. The largest absolute Gasteiger partial charge is 0.487 e. The van der Waals surface area contributed by atoms with E-state index >= 15 is 0 Å². The molecule has 2 rings (SSSR count). The highest BCUT2D eigenvalue weighted by Gasteiger charge is 2.26. The molecule has 0 spiro atoms. The average molecular weight is 308 g/mol. The number of hydrogen-bond acceptors (Lipinski definition) is 5. The highest BCUT2D eigenvalue weighted by Crippen LogP contribution is 2.33. The summed E-state index contributed by atoms with van der Waals surface area (Å²) in [4.78, 5) is 13.0. The summed E-state index contributed by atoms with van der Waals surface area (Å²) in [6, 6.07) is 5.41. The predicted molar refractivity (Wildman–Crippen MR) is 85.7 cm³/mol. The third-order valence-electron chi connectivity index (χ3n) is 3.74. The summed E-state index contributed by atoms with van der Waals surface area (Å²) >= 11 is 0. The second-order valence-corrected chi connectivity index (χ2v) is 5.89. The summed E-state index contributed by atoms with van der Waals surface area (Å²) in [5.41, 5.74) is 0.974. The van der Waals surface area contributed by atoms with Crippen LogP contribution in [0.1, 0.15) is 27.2 Å². The lowest BCUT2D eigenvalue weighted by atomic mass is 10.0. The van der Waals surface area contributed by atoms with Crippen LogP contribution in [0.25, 0.3) is 0 Å². The Hall–Kier alpha value is -1.82. The van der Waals surface area contributed by atoms with E-state index in [9.17, 15) is 10.1 Å². The lowest BCUT2D eigenvalue weighted by Gasteiger charge is -2.38. The Bertz CT molecular complexity index is 519. The Balaban J connectivity index is 2.29. The zero-order valence-electron chi connectivity index (χ0n) is 13.4. The van der Waals surface area contributed by atoms with Gasteiger partial charge in [-0.3, -0.25) is 10.1 Å². The van der Waals surface area contributed by atoms with Crippen LogP contribution in [0.2, 0.25) is 0 Å². The summed E-state index contributed by atoms with van der Waals surface area (Å²) < 4.78 is 11.0. The number of nitro groups is 1. The van der Waals surface area contributed by atoms with Gasteiger partial charge in [-0.05, 0) is 25.3 Å². The van der Waals surface area contributed by atoms with Gasteiger partial charge >= 0.3 is 5.69 Å². The van der Waals surface area contributed by atoms with E-state index in [0.717, 1.165) is 18.7 Å². The Kier molecular flexibility index (Phi) is 5.60. The lowest BCUT2D eigenvalue weighted by Crippen LogP contribution is -2.46. The van der Waals surface area contributed by atoms with Crippen molar-refractivity contribution in [1.82, 2.24) is 0 Å². The van der Waals surface area contributed by atoms with Gasteiger partial charge in [-0.15, -0.1) is 0 Å². The molecule has 0 aliphatic carbocycles. The molecular weight excluding hydrogens is 284 g/mol. The molecule has 0 aromatic heterocycles. The summed E-state index contributed by atoms with van der Waals surface area (Å²) in [7, 11) is 0. The van der Waals surface area contributed by atoms with Crippen LogP contribution >= 0.6 is 0 Å². The number of ether oxygens (including phenoxy) is 2. The van der Waals surface area contributed by atoms with Crippen LogP contribution in [-0.4, -0.2) is 37.3 Å². The van der Waals surface area contributed by atoms with Gasteiger partial charge in [0.15, 0.2) is 5.75 Å². The van der Waals surface area contributed by atoms with Gasteiger partial charge in [0.25, 0.3) is 0 Å². The second kappa shape index (κ2) is 7.45. The number of hydrogen-bond donors (Lipinski definition) is 0.